The molecule has 24 heavy (non-hydrogen) atoms. The minimum atomic E-state index is -0.0557. The first-order valence-electron chi connectivity index (χ1n) is 8.20. The number of nitrogens with zero attached hydrogens (tertiary/aromatic N) is 1. The van der Waals surface area contributed by atoms with Crippen molar-refractivity contribution in [3.05, 3.63) is 48.4 Å². The fourth-order valence-electron chi connectivity index (χ4n) is 2.68. The molecule has 1 aliphatic heterocycles. The minimum Gasteiger partial charge on any atom is -0.494 e. The Morgan fingerprint density at radius 2 is 2.17 bits per heavy atom. The quantitative estimate of drug-likeness (QED) is 0.892. The van der Waals surface area contributed by atoms with Crippen LogP contribution in [0.5, 0.6) is 5.75 Å². The third kappa shape index (κ3) is 4.26. The van der Waals surface area contributed by atoms with Gasteiger partial charge in [-0.1, -0.05) is 0 Å². The highest BCUT2D eigenvalue weighted by Crippen LogP contribution is 2.34. The molecular formula is C18H22N2O3S. The molecule has 1 aromatic heterocycles. The Morgan fingerprint density at radius 1 is 1.33 bits per heavy atom. The largest absolute Gasteiger partial charge is 0.494 e. The van der Waals surface area contributed by atoms with Gasteiger partial charge in [-0.25, -0.2) is 4.79 Å². The van der Waals surface area contributed by atoms with Gasteiger partial charge in [0.1, 0.15) is 11.5 Å². The highest BCUT2D eigenvalue weighted by Gasteiger charge is 2.23. The number of rotatable bonds is 4. The molecule has 0 bridgehead atoms. The van der Waals surface area contributed by atoms with Crippen molar-refractivity contribution in [1.82, 2.24) is 4.90 Å². The third-order valence-corrected chi connectivity index (χ3v) is 5.19. The zero-order valence-corrected chi connectivity index (χ0v) is 14.6. The van der Waals surface area contributed by atoms with Crippen LogP contribution in [-0.4, -0.2) is 36.4 Å². The average molecular weight is 346 g/mol. The summed E-state index contributed by atoms with van der Waals surface area (Å²) in [4.78, 5) is 14.3. The van der Waals surface area contributed by atoms with Gasteiger partial charge in [-0.2, -0.15) is 0 Å². The van der Waals surface area contributed by atoms with Gasteiger partial charge in [0.25, 0.3) is 0 Å². The highest BCUT2D eigenvalue weighted by molar-refractivity contribution is 7.99. The van der Waals surface area contributed by atoms with Crippen molar-refractivity contribution >= 4 is 23.5 Å². The lowest BCUT2D eigenvalue weighted by Gasteiger charge is -2.20. The normalized spacial score (nSPS) is 18.0. The summed E-state index contributed by atoms with van der Waals surface area (Å²) >= 11 is 1.84. The van der Waals surface area contributed by atoms with Crippen molar-refractivity contribution < 1.29 is 13.9 Å². The lowest BCUT2D eigenvalue weighted by Crippen LogP contribution is -2.36. The molecule has 6 heteroatoms. The Labute approximate surface area is 146 Å². The van der Waals surface area contributed by atoms with E-state index < -0.39 is 0 Å². The van der Waals surface area contributed by atoms with Crippen LogP contribution in [0.2, 0.25) is 0 Å². The number of hydrogen-bond donors (Lipinski definition) is 1. The SMILES string of the molecule is CCOc1ccc(NC(=O)N2CCSC(c3ccco3)CC2)cc1. The molecule has 1 atom stereocenters. The summed E-state index contributed by atoms with van der Waals surface area (Å²) in [6.45, 7) is 4.04. The van der Waals surface area contributed by atoms with E-state index in [1.807, 2.05) is 60.0 Å². The first kappa shape index (κ1) is 16.8. The van der Waals surface area contributed by atoms with Crippen LogP contribution in [0.1, 0.15) is 24.4 Å². The Kier molecular flexibility index (Phi) is 5.69. The van der Waals surface area contributed by atoms with Gasteiger partial charge in [0, 0.05) is 24.5 Å². The molecule has 1 fully saturated rings. The van der Waals surface area contributed by atoms with Gasteiger partial charge in [-0.3, -0.25) is 0 Å². The number of ether oxygens (including phenoxy) is 1. The smallest absolute Gasteiger partial charge is 0.321 e. The lowest BCUT2D eigenvalue weighted by atomic mass is 10.2. The van der Waals surface area contributed by atoms with E-state index in [9.17, 15) is 4.79 Å². The number of nitrogens with one attached hydrogen (secondary N) is 1. The molecule has 2 heterocycles. The molecule has 1 aromatic carbocycles. The maximum absolute atomic E-state index is 12.5. The summed E-state index contributed by atoms with van der Waals surface area (Å²) in [5.74, 6) is 2.71. The molecule has 0 saturated carbocycles. The summed E-state index contributed by atoms with van der Waals surface area (Å²) in [5.41, 5.74) is 0.780. The van der Waals surface area contributed by atoms with Gasteiger partial charge in [-0.05, 0) is 49.7 Å². The van der Waals surface area contributed by atoms with Gasteiger partial charge in [0.15, 0.2) is 0 Å². The number of amides is 2. The lowest BCUT2D eigenvalue weighted by molar-refractivity contribution is 0.214. The van der Waals surface area contributed by atoms with Crippen molar-refractivity contribution in [2.75, 3.05) is 30.8 Å². The molecule has 2 amide bonds. The van der Waals surface area contributed by atoms with Crippen molar-refractivity contribution in [3.8, 4) is 5.75 Å². The summed E-state index contributed by atoms with van der Waals surface area (Å²) < 4.78 is 10.9. The van der Waals surface area contributed by atoms with Gasteiger partial charge in [0.2, 0.25) is 0 Å². The van der Waals surface area contributed by atoms with Crippen LogP contribution >= 0.6 is 11.8 Å². The molecule has 1 aliphatic rings. The summed E-state index contributed by atoms with van der Waals surface area (Å²) in [5, 5.41) is 3.28. The third-order valence-electron chi connectivity index (χ3n) is 3.91. The number of carbonyl (C=O) groups is 1. The van der Waals surface area contributed by atoms with E-state index in [1.54, 1.807) is 6.26 Å². The monoisotopic (exact) mass is 346 g/mol. The second kappa shape index (κ2) is 8.15. The Hall–Kier alpha value is -2.08. The molecule has 1 unspecified atom stereocenters. The number of benzene rings is 1. The fourth-order valence-corrected chi connectivity index (χ4v) is 3.86. The zero-order valence-electron chi connectivity index (χ0n) is 13.7. The van der Waals surface area contributed by atoms with Crippen molar-refractivity contribution in [1.29, 1.82) is 0 Å². The molecule has 0 aliphatic carbocycles. The highest BCUT2D eigenvalue weighted by atomic mass is 32.2. The number of furan rings is 1. The molecule has 0 spiro atoms. The summed E-state index contributed by atoms with van der Waals surface area (Å²) in [6.07, 6.45) is 2.60. The topological polar surface area (TPSA) is 54.7 Å². The standard InChI is InChI=1S/C18H22N2O3S/c1-2-22-15-7-5-14(6-8-15)19-18(21)20-10-9-17(24-13-11-20)16-4-3-12-23-16/h3-8,12,17H,2,9-11,13H2,1H3,(H,19,21). The Bertz CT molecular complexity index is 643. The molecule has 1 N–H and O–H groups in total. The first-order chi connectivity index (χ1) is 11.8. The van der Waals surface area contributed by atoms with Crippen LogP contribution in [-0.2, 0) is 0 Å². The van der Waals surface area contributed by atoms with Crippen LogP contribution in [0, 0.1) is 0 Å². The van der Waals surface area contributed by atoms with E-state index in [2.05, 4.69) is 5.32 Å². The van der Waals surface area contributed by atoms with Gasteiger partial charge in [-0.15, -0.1) is 11.8 Å². The number of anilines is 1. The van der Waals surface area contributed by atoms with Crippen LogP contribution in [0.3, 0.4) is 0 Å². The average Bonchev–Trinajstić information content (AvgIpc) is 3.01. The summed E-state index contributed by atoms with van der Waals surface area (Å²) in [7, 11) is 0. The van der Waals surface area contributed by atoms with E-state index in [-0.39, 0.29) is 6.03 Å². The maximum Gasteiger partial charge on any atom is 0.321 e. The first-order valence-corrected chi connectivity index (χ1v) is 9.25. The number of urea groups is 1. The maximum atomic E-state index is 12.5. The Morgan fingerprint density at radius 3 is 2.88 bits per heavy atom. The zero-order chi connectivity index (χ0) is 16.8. The van der Waals surface area contributed by atoms with E-state index in [1.165, 1.54) is 0 Å². The second-order valence-corrected chi connectivity index (χ2v) is 6.85. The summed E-state index contributed by atoms with van der Waals surface area (Å²) in [6, 6.07) is 11.3. The van der Waals surface area contributed by atoms with Gasteiger partial charge < -0.3 is 19.4 Å². The van der Waals surface area contributed by atoms with Crippen molar-refractivity contribution in [2.24, 2.45) is 0 Å². The van der Waals surface area contributed by atoms with Crippen LogP contribution in [0.4, 0.5) is 10.5 Å². The van der Waals surface area contributed by atoms with Gasteiger partial charge >= 0.3 is 6.03 Å². The molecular weight excluding hydrogens is 324 g/mol. The van der Waals surface area contributed by atoms with Crippen LogP contribution in [0.15, 0.2) is 47.1 Å². The molecule has 128 valence electrons. The molecule has 0 radical (unpaired) electrons. The second-order valence-electron chi connectivity index (χ2n) is 5.54. The van der Waals surface area contributed by atoms with Gasteiger partial charge in [0.05, 0.1) is 18.1 Å². The van der Waals surface area contributed by atoms with E-state index >= 15 is 0 Å². The van der Waals surface area contributed by atoms with Crippen LogP contribution < -0.4 is 10.1 Å². The van der Waals surface area contributed by atoms with E-state index in [4.69, 9.17) is 9.15 Å². The molecule has 2 aromatic rings. The Balaban J connectivity index is 1.55. The number of carbonyl (C=O) groups excluding carboxylic acids is 1. The molecule has 1 saturated heterocycles. The van der Waals surface area contributed by atoms with E-state index in [0.29, 0.717) is 11.9 Å². The number of thioether (sulfide) groups is 1. The predicted molar refractivity (Wildman–Crippen MR) is 96.7 cm³/mol. The molecule has 3 rings (SSSR count). The number of hydrogen-bond acceptors (Lipinski definition) is 4. The van der Waals surface area contributed by atoms with Crippen molar-refractivity contribution in [3.63, 3.8) is 0 Å². The minimum absolute atomic E-state index is 0.0557. The van der Waals surface area contributed by atoms with Crippen molar-refractivity contribution in [2.45, 2.75) is 18.6 Å². The predicted octanol–water partition coefficient (Wildman–Crippen LogP) is 4.39. The van der Waals surface area contributed by atoms with Crippen LogP contribution in [0.25, 0.3) is 0 Å². The van der Waals surface area contributed by atoms with E-state index in [0.717, 1.165) is 42.5 Å². The molecule has 5 nitrogen and oxygen atoms in total. The fraction of sp³-hybridized carbons (Fsp3) is 0.389.